The van der Waals surface area contributed by atoms with Crippen molar-refractivity contribution in [2.45, 2.75) is 83.2 Å². The van der Waals surface area contributed by atoms with Crippen molar-refractivity contribution in [1.82, 2.24) is 35.0 Å². The van der Waals surface area contributed by atoms with Gasteiger partial charge in [0.2, 0.25) is 11.8 Å². The van der Waals surface area contributed by atoms with Gasteiger partial charge in [-0.25, -0.2) is 23.2 Å². The van der Waals surface area contributed by atoms with Gasteiger partial charge in [-0.15, -0.1) is 0 Å². The minimum atomic E-state index is -2.76. The van der Waals surface area contributed by atoms with E-state index in [9.17, 15) is 22.8 Å². The van der Waals surface area contributed by atoms with Crippen LogP contribution in [0.4, 0.5) is 13.2 Å². The quantitative estimate of drug-likeness (QED) is 0.530. The maximum absolute atomic E-state index is 14.3. The molecule has 0 aromatic carbocycles. The normalized spacial score (nSPS) is 31.4. The van der Waals surface area contributed by atoms with Gasteiger partial charge < -0.3 is 0 Å². The molecule has 0 radical (unpaired) electrons. The van der Waals surface area contributed by atoms with Gasteiger partial charge >= 0.3 is 0 Å². The highest BCUT2D eigenvalue weighted by Gasteiger charge is 2.62. The first kappa shape index (κ1) is 27.7. The molecule has 5 aliphatic rings. The van der Waals surface area contributed by atoms with Crippen LogP contribution in [0.15, 0.2) is 24.7 Å². The minimum Gasteiger partial charge on any atom is -0.273 e. The molecule has 9 nitrogen and oxygen atoms in total. The van der Waals surface area contributed by atoms with Crippen LogP contribution < -0.4 is 0 Å². The highest BCUT2D eigenvalue weighted by molar-refractivity contribution is 5.87. The standard InChI is InChI=1S/C30H36F3N7O2/c1-18-25(36-22(17-35-18)24-6-13-37-10-3-7-29(2,26(32)33)27(41)40(24)37)21-4-11-38-12-5-23(19-14-20(31)16-34-15-19)39(38)28(42)30(21)8-9-30/h14-17,21,23-24,26H,3-13H2,1-2H3. The molecule has 0 N–H and O–H groups in total. The van der Waals surface area contributed by atoms with Crippen molar-refractivity contribution in [1.29, 1.82) is 0 Å². The third-order valence-electron chi connectivity index (χ3n) is 10.4. The van der Waals surface area contributed by atoms with E-state index >= 15 is 0 Å². The second-order valence-corrected chi connectivity index (χ2v) is 12.8. The highest BCUT2D eigenvalue weighted by Crippen LogP contribution is 2.61. The zero-order valence-electron chi connectivity index (χ0n) is 24.0. The van der Waals surface area contributed by atoms with E-state index in [2.05, 4.69) is 9.99 Å². The molecule has 2 amide bonds. The van der Waals surface area contributed by atoms with Crippen molar-refractivity contribution in [3.8, 4) is 0 Å². The molecule has 5 fully saturated rings. The largest absolute Gasteiger partial charge is 0.273 e. The predicted octanol–water partition coefficient (Wildman–Crippen LogP) is 4.33. The van der Waals surface area contributed by atoms with Crippen LogP contribution in [0.1, 0.15) is 92.5 Å². The van der Waals surface area contributed by atoms with Gasteiger partial charge in [-0.1, -0.05) is 0 Å². The van der Waals surface area contributed by atoms with E-state index in [0.717, 1.165) is 24.2 Å². The number of aromatic nitrogens is 3. The number of aryl methyl sites for hydroxylation is 1. The molecule has 4 aliphatic heterocycles. The average molecular weight is 584 g/mol. The van der Waals surface area contributed by atoms with Crippen molar-refractivity contribution in [3.63, 3.8) is 0 Å². The summed E-state index contributed by atoms with van der Waals surface area (Å²) in [6, 6.07) is 0.718. The second-order valence-electron chi connectivity index (χ2n) is 12.8. The van der Waals surface area contributed by atoms with Crippen LogP contribution in [-0.2, 0) is 9.59 Å². The molecule has 7 rings (SSSR count). The van der Waals surface area contributed by atoms with Crippen molar-refractivity contribution < 1.29 is 22.8 Å². The summed E-state index contributed by atoms with van der Waals surface area (Å²) in [6.45, 7) is 5.74. The Morgan fingerprint density at radius 1 is 0.905 bits per heavy atom. The van der Waals surface area contributed by atoms with Crippen molar-refractivity contribution in [3.05, 3.63) is 53.1 Å². The molecule has 12 heteroatoms. The molecule has 1 saturated carbocycles. The Kier molecular flexibility index (Phi) is 6.58. The van der Waals surface area contributed by atoms with E-state index < -0.39 is 35.0 Å². The molecular formula is C30H36F3N7O2. The fraction of sp³-hybridized carbons (Fsp3) is 0.633. The number of nitrogens with zero attached hydrogens (tertiary/aromatic N) is 7. The van der Waals surface area contributed by atoms with Crippen LogP contribution in [0.3, 0.4) is 0 Å². The van der Waals surface area contributed by atoms with Crippen LogP contribution in [0.5, 0.6) is 0 Å². The molecule has 1 spiro atoms. The Morgan fingerprint density at radius 3 is 2.31 bits per heavy atom. The van der Waals surface area contributed by atoms with E-state index in [0.29, 0.717) is 63.1 Å². The monoisotopic (exact) mass is 583 g/mol. The fourth-order valence-corrected chi connectivity index (χ4v) is 7.76. The van der Waals surface area contributed by atoms with Crippen LogP contribution in [0.2, 0.25) is 0 Å². The van der Waals surface area contributed by atoms with Gasteiger partial charge in [0.15, 0.2) is 0 Å². The first-order valence-electron chi connectivity index (χ1n) is 15.0. The Labute approximate surface area is 243 Å². The summed E-state index contributed by atoms with van der Waals surface area (Å²) in [6.07, 6.45) is 5.85. The summed E-state index contributed by atoms with van der Waals surface area (Å²) in [5.41, 5.74) is 0.411. The maximum Gasteiger partial charge on any atom is 0.252 e. The van der Waals surface area contributed by atoms with Gasteiger partial charge in [0.1, 0.15) is 11.2 Å². The van der Waals surface area contributed by atoms with E-state index in [1.807, 2.05) is 16.9 Å². The lowest BCUT2D eigenvalue weighted by atomic mass is 9.81. The maximum atomic E-state index is 14.3. The number of hydrogen-bond acceptors (Lipinski definition) is 7. The first-order chi connectivity index (χ1) is 20.1. The molecule has 42 heavy (non-hydrogen) atoms. The Hall–Kier alpha value is -3.12. The van der Waals surface area contributed by atoms with Crippen molar-refractivity contribution in [2.24, 2.45) is 10.8 Å². The summed E-state index contributed by atoms with van der Waals surface area (Å²) in [7, 11) is 0. The lowest BCUT2D eigenvalue weighted by molar-refractivity contribution is -0.164. The number of carbonyl (C=O) groups excluding carboxylic acids is 2. The molecule has 2 aromatic rings. The van der Waals surface area contributed by atoms with Gasteiger partial charge in [0.05, 0.1) is 47.0 Å². The van der Waals surface area contributed by atoms with Crippen LogP contribution >= 0.6 is 0 Å². The second kappa shape index (κ2) is 9.97. The summed E-state index contributed by atoms with van der Waals surface area (Å²) in [5.74, 6) is -1.11. The average Bonchev–Trinajstić information content (AvgIpc) is 3.55. The van der Waals surface area contributed by atoms with E-state index in [4.69, 9.17) is 9.97 Å². The number of hydrogen-bond donors (Lipinski definition) is 0. The molecule has 0 bridgehead atoms. The summed E-state index contributed by atoms with van der Waals surface area (Å²) < 4.78 is 42.3. The molecule has 6 heterocycles. The van der Waals surface area contributed by atoms with Crippen molar-refractivity contribution >= 4 is 11.8 Å². The Morgan fingerprint density at radius 2 is 1.60 bits per heavy atom. The van der Waals surface area contributed by atoms with Gasteiger partial charge in [0, 0.05) is 38.3 Å². The van der Waals surface area contributed by atoms with Gasteiger partial charge in [-0.2, -0.15) is 0 Å². The molecule has 4 unspecified atom stereocenters. The minimum absolute atomic E-state index is 0.0331. The summed E-state index contributed by atoms with van der Waals surface area (Å²) in [4.78, 5) is 41.7. The van der Waals surface area contributed by atoms with E-state index in [-0.39, 0.29) is 24.3 Å². The van der Waals surface area contributed by atoms with Crippen LogP contribution in [0, 0.1) is 23.6 Å². The summed E-state index contributed by atoms with van der Waals surface area (Å²) >= 11 is 0. The van der Waals surface area contributed by atoms with E-state index in [1.54, 1.807) is 12.4 Å². The number of carbonyl (C=O) groups is 2. The first-order valence-corrected chi connectivity index (χ1v) is 15.0. The molecule has 1 aliphatic carbocycles. The number of pyridine rings is 1. The van der Waals surface area contributed by atoms with Crippen LogP contribution in [-0.4, -0.2) is 79.4 Å². The Bertz CT molecular complexity index is 1420. The van der Waals surface area contributed by atoms with Gasteiger partial charge in [-0.3, -0.25) is 34.6 Å². The lowest BCUT2D eigenvalue weighted by Gasteiger charge is -2.36. The SMILES string of the molecule is Cc1ncc(C2CCN3CCCC(C)(C(F)F)C(=O)N23)nc1C1CCN2CCC(c3cncc(F)c3)N2C(=O)C12CC2. The van der Waals surface area contributed by atoms with Gasteiger partial charge in [0.25, 0.3) is 6.43 Å². The third kappa shape index (κ3) is 4.16. The van der Waals surface area contributed by atoms with Crippen molar-refractivity contribution in [2.75, 3.05) is 26.2 Å². The molecule has 4 atom stereocenters. The van der Waals surface area contributed by atoms with Crippen LogP contribution in [0.25, 0.3) is 0 Å². The van der Waals surface area contributed by atoms with Gasteiger partial charge in [-0.05, 0) is 70.4 Å². The zero-order valence-corrected chi connectivity index (χ0v) is 24.0. The molecule has 2 aromatic heterocycles. The predicted molar refractivity (Wildman–Crippen MR) is 145 cm³/mol. The molecular weight excluding hydrogens is 547 g/mol. The smallest absolute Gasteiger partial charge is 0.252 e. The Balaban J connectivity index is 1.21. The third-order valence-corrected chi connectivity index (χ3v) is 10.4. The highest BCUT2D eigenvalue weighted by atomic mass is 19.3. The fourth-order valence-electron chi connectivity index (χ4n) is 7.76. The van der Waals surface area contributed by atoms with E-state index in [1.165, 1.54) is 24.2 Å². The number of fused-ring (bicyclic) bond motifs is 2. The lowest BCUT2D eigenvalue weighted by Crippen LogP contribution is -2.49. The number of rotatable bonds is 4. The molecule has 4 saturated heterocycles. The molecule has 224 valence electrons. The topological polar surface area (TPSA) is 85.8 Å². The number of hydrazine groups is 2. The number of amides is 2. The number of alkyl halides is 2. The zero-order chi connectivity index (χ0) is 29.4. The summed E-state index contributed by atoms with van der Waals surface area (Å²) in [5, 5.41) is 7.34. The number of halogens is 3.